The highest BCUT2D eigenvalue weighted by molar-refractivity contribution is 7.28. The molecule has 0 aliphatic heterocycles. The van der Waals surface area contributed by atoms with Crippen LogP contribution in [0, 0.1) is 23.8 Å². The summed E-state index contributed by atoms with van der Waals surface area (Å²) in [6.07, 6.45) is 24.0. The van der Waals surface area contributed by atoms with Crippen LogP contribution in [0.3, 0.4) is 0 Å². The predicted octanol–water partition coefficient (Wildman–Crippen LogP) is 16.3. The molecule has 0 amide bonds. The van der Waals surface area contributed by atoms with Crippen molar-refractivity contribution in [3.05, 3.63) is 57.3 Å². The fraction of sp³-hybridized carbons (Fsp3) is 0.556. The Bertz CT molecular complexity index is 1680. The van der Waals surface area contributed by atoms with Gasteiger partial charge in [-0.3, -0.25) is 0 Å². The van der Waals surface area contributed by atoms with E-state index in [1.807, 2.05) is 34.0 Å². The van der Waals surface area contributed by atoms with Crippen molar-refractivity contribution in [3.63, 3.8) is 0 Å². The van der Waals surface area contributed by atoms with Gasteiger partial charge in [0.15, 0.2) is 0 Å². The van der Waals surface area contributed by atoms with Gasteiger partial charge in [0.05, 0.1) is 9.75 Å². The van der Waals surface area contributed by atoms with Crippen LogP contribution in [0.1, 0.15) is 153 Å². The van der Waals surface area contributed by atoms with Gasteiger partial charge in [-0.25, -0.2) is 0 Å². The van der Waals surface area contributed by atoms with E-state index in [2.05, 4.69) is 109 Å². The molecule has 50 heavy (non-hydrogen) atoms. The molecular weight excluding hydrogens is 697 g/mol. The lowest BCUT2D eigenvalue weighted by Gasteiger charge is -2.38. The molecule has 0 radical (unpaired) electrons. The minimum Gasteiger partial charge on any atom is -0.134 e. The molecule has 0 fully saturated rings. The van der Waals surface area contributed by atoms with Crippen molar-refractivity contribution < 1.29 is 0 Å². The van der Waals surface area contributed by atoms with Gasteiger partial charge in [-0.2, -0.15) is 0 Å². The maximum atomic E-state index is 5.88. The number of unbranched alkanes of at least 4 members (excludes halogenated alkanes) is 10. The Morgan fingerprint density at radius 1 is 0.540 bits per heavy atom. The van der Waals surface area contributed by atoms with Crippen LogP contribution in [0.4, 0.5) is 0 Å². The lowest BCUT2D eigenvalue weighted by Crippen LogP contribution is -2.43. The van der Waals surface area contributed by atoms with Crippen molar-refractivity contribution in [2.75, 3.05) is 0 Å². The van der Waals surface area contributed by atoms with Gasteiger partial charge in [-0.05, 0) is 89.8 Å². The zero-order valence-electron chi connectivity index (χ0n) is 32.3. The number of thiophene rings is 4. The fourth-order valence-electron chi connectivity index (χ4n) is 7.76. The molecular formula is C45H62S4Si. The minimum absolute atomic E-state index is 0.645. The molecule has 0 saturated carbocycles. The fourth-order valence-corrected chi connectivity index (χ4v) is 17.5. The van der Waals surface area contributed by atoms with Crippen molar-refractivity contribution >= 4 is 53.4 Å². The lowest BCUT2D eigenvalue weighted by molar-refractivity contribution is 0.608. The number of rotatable bonds is 20. The number of hydrogen-bond donors (Lipinski definition) is 0. The van der Waals surface area contributed by atoms with Gasteiger partial charge < -0.3 is 0 Å². The van der Waals surface area contributed by atoms with E-state index < -0.39 is 8.07 Å². The van der Waals surface area contributed by atoms with Crippen LogP contribution in [0.5, 0.6) is 0 Å². The van der Waals surface area contributed by atoms with E-state index >= 15 is 0 Å². The molecule has 0 spiro atoms. The van der Waals surface area contributed by atoms with Crippen molar-refractivity contribution in [2.45, 2.75) is 162 Å². The summed E-state index contributed by atoms with van der Waals surface area (Å²) in [7, 11) is -1.79. The van der Waals surface area contributed by atoms with Crippen LogP contribution in [-0.4, -0.2) is 8.07 Å². The molecule has 0 N–H and O–H groups in total. The van der Waals surface area contributed by atoms with Gasteiger partial charge in [0.1, 0.15) is 8.07 Å². The average molecular weight is 759 g/mol. The van der Waals surface area contributed by atoms with Crippen LogP contribution >= 0.6 is 45.3 Å². The summed E-state index contributed by atoms with van der Waals surface area (Å²) in [6.45, 7) is 19.1. The van der Waals surface area contributed by atoms with E-state index in [0.717, 1.165) is 17.7 Å². The Balaban J connectivity index is 1.59. The SMILES string of the molecule is C#Cc1cc(CCCCCCCC)c(-c2ccc(-c3ccc(-c4sc(C#C[Si](C(C)C)(C(C)C)C(C)C)cc4CCCCCCCC)s3)s2)s1. The molecule has 0 nitrogen and oxygen atoms in total. The predicted molar refractivity (Wildman–Crippen MR) is 234 cm³/mol. The number of terminal acetylenes is 1. The highest BCUT2D eigenvalue weighted by atomic mass is 32.1. The second kappa shape index (κ2) is 20.4. The molecule has 270 valence electrons. The first kappa shape index (κ1) is 40.9. The van der Waals surface area contributed by atoms with Gasteiger partial charge in [0, 0.05) is 29.3 Å². The van der Waals surface area contributed by atoms with Crippen LogP contribution in [0.25, 0.3) is 29.3 Å². The summed E-state index contributed by atoms with van der Waals surface area (Å²) in [4.78, 5) is 10.6. The van der Waals surface area contributed by atoms with Crippen LogP contribution in [0.15, 0.2) is 36.4 Å². The lowest BCUT2D eigenvalue weighted by atomic mass is 10.0. The van der Waals surface area contributed by atoms with E-state index in [9.17, 15) is 0 Å². The summed E-state index contributed by atoms with van der Waals surface area (Å²) < 4.78 is 0. The average Bonchev–Trinajstić information content (AvgIpc) is 3.90. The minimum atomic E-state index is -1.79. The monoisotopic (exact) mass is 758 g/mol. The maximum Gasteiger partial charge on any atom is 0.146 e. The molecule has 4 aromatic rings. The zero-order valence-corrected chi connectivity index (χ0v) is 36.6. The Labute approximate surface area is 323 Å². The van der Waals surface area contributed by atoms with E-state index in [4.69, 9.17) is 6.42 Å². The van der Waals surface area contributed by atoms with Gasteiger partial charge in [0.25, 0.3) is 0 Å². The summed E-state index contributed by atoms with van der Waals surface area (Å²) in [6, 6.07) is 14.1. The first-order valence-electron chi connectivity index (χ1n) is 19.6. The Kier molecular flexibility index (Phi) is 16.7. The molecule has 4 rings (SSSR count). The normalized spacial score (nSPS) is 11.9. The molecule has 0 aliphatic carbocycles. The topological polar surface area (TPSA) is 0 Å². The maximum absolute atomic E-state index is 5.88. The Morgan fingerprint density at radius 2 is 0.940 bits per heavy atom. The third-order valence-electron chi connectivity index (χ3n) is 10.5. The van der Waals surface area contributed by atoms with E-state index in [1.54, 1.807) is 11.3 Å². The third-order valence-corrected chi connectivity index (χ3v) is 21.7. The Morgan fingerprint density at radius 3 is 1.38 bits per heavy atom. The molecule has 4 aromatic heterocycles. The highest BCUT2D eigenvalue weighted by Gasteiger charge is 2.41. The molecule has 0 aliphatic rings. The van der Waals surface area contributed by atoms with Crippen LogP contribution in [-0.2, 0) is 12.8 Å². The van der Waals surface area contributed by atoms with Crippen molar-refractivity contribution in [2.24, 2.45) is 0 Å². The van der Waals surface area contributed by atoms with Gasteiger partial charge in [0.2, 0.25) is 0 Å². The van der Waals surface area contributed by atoms with Crippen molar-refractivity contribution in [1.29, 1.82) is 0 Å². The number of hydrogen-bond acceptors (Lipinski definition) is 4. The first-order valence-corrected chi connectivity index (χ1v) is 25.1. The molecule has 4 heterocycles. The standard InChI is InChI=1S/C45H62S4Si/c1-10-13-15-17-19-21-23-36-31-38(12-3)46-44(36)42-27-25-40(48-42)41-26-28-43(49-41)45-37(24-22-20-18-16-14-11-2)32-39(47-45)29-30-50(33(4)5,34(6)7)35(8)9/h3,25-28,31-35H,10-11,13-24H2,1-2,4-9H3. The molecule has 0 unspecified atom stereocenters. The summed E-state index contributed by atoms with van der Waals surface area (Å²) in [5.74, 6) is 6.72. The quantitative estimate of drug-likeness (QED) is 0.0478. The molecule has 0 saturated heterocycles. The smallest absolute Gasteiger partial charge is 0.134 e. The third kappa shape index (κ3) is 10.6. The van der Waals surface area contributed by atoms with E-state index in [0.29, 0.717) is 16.6 Å². The van der Waals surface area contributed by atoms with E-state index in [1.165, 1.54) is 122 Å². The van der Waals surface area contributed by atoms with Gasteiger partial charge >= 0.3 is 0 Å². The zero-order chi connectivity index (χ0) is 36.1. The summed E-state index contributed by atoms with van der Waals surface area (Å²) in [5.41, 5.74) is 8.88. The van der Waals surface area contributed by atoms with Crippen molar-refractivity contribution in [3.8, 4) is 53.1 Å². The van der Waals surface area contributed by atoms with Gasteiger partial charge in [-0.15, -0.1) is 57.3 Å². The van der Waals surface area contributed by atoms with Crippen LogP contribution < -0.4 is 0 Å². The first-order chi connectivity index (χ1) is 24.1. The summed E-state index contributed by atoms with van der Waals surface area (Å²) in [5, 5.41) is 0. The second-order valence-corrected chi connectivity index (χ2v) is 24.9. The summed E-state index contributed by atoms with van der Waals surface area (Å²) >= 11 is 7.61. The van der Waals surface area contributed by atoms with Crippen molar-refractivity contribution in [1.82, 2.24) is 0 Å². The molecule has 5 heteroatoms. The number of aryl methyl sites for hydroxylation is 2. The van der Waals surface area contributed by atoms with E-state index in [-0.39, 0.29) is 0 Å². The molecule has 0 aromatic carbocycles. The molecule has 0 atom stereocenters. The molecule has 0 bridgehead atoms. The second-order valence-electron chi connectivity index (χ2n) is 15.1. The largest absolute Gasteiger partial charge is 0.146 e. The Hall–Kier alpha value is -1.86. The highest BCUT2D eigenvalue weighted by Crippen LogP contribution is 2.46. The van der Waals surface area contributed by atoms with Crippen LogP contribution in [0.2, 0.25) is 16.6 Å². The van der Waals surface area contributed by atoms with Gasteiger partial charge in [-0.1, -0.05) is 131 Å².